The molecule has 0 fully saturated rings. The molecule has 0 radical (unpaired) electrons. The van der Waals surface area contributed by atoms with Crippen LogP contribution >= 0.6 is 11.3 Å². The second-order valence-corrected chi connectivity index (χ2v) is 10.6. The lowest BCUT2D eigenvalue weighted by atomic mass is 10.0. The number of benzene rings is 3. The van der Waals surface area contributed by atoms with Gasteiger partial charge in [0.15, 0.2) is 0 Å². The van der Waals surface area contributed by atoms with Crippen molar-refractivity contribution in [2.75, 3.05) is 6.61 Å². The Morgan fingerprint density at radius 1 is 0.850 bits per heavy atom. The van der Waals surface area contributed by atoms with Crippen LogP contribution in [0.4, 0.5) is 0 Å². The van der Waals surface area contributed by atoms with Gasteiger partial charge in [-0.25, -0.2) is 0 Å². The van der Waals surface area contributed by atoms with Crippen LogP contribution in [0.25, 0.3) is 21.8 Å². The number of ketones is 1. The summed E-state index contributed by atoms with van der Waals surface area (Å²) in [7, 11) is 0. The number of carbonyl (C=O) groups is 3. The standard InChI is InChI=1S/C32H30N2O5S/c1-21-7-4-5-8-26(21)20-33(39-23(3)36)19-24-10-12-29-27(17-24)28-18-25(32(37)31-9-6-16-40-31)11-13-30(28)34(29)14-15-38-22(2)35/h4-13,16-18H,14-15,19-20H2,1-3H3. The summed E-state index contributed by atoms with van der Waals surface area (Å²) >= 11 is 1.42. The fourth-order valence-corrected chi connectivity index (χ4v) is 5.63. The van der Waals surface area contributed by atoms with Gasteiger partial charge in [0.25, 0.3) is 0 Å². The van der Waals surface area contributed by atoms with Crippen LogP contribution in [0.1, 0.15) is 45.8 Å². The summed E-state index contributed by atoms with van der Waals surface area (Å²) in [5.74, 6) is -0.729. The van der Waals surface area contributed by atoms with Gasteiger partial charge in [-0.2, -0.15) is 0 Å². The molecular weight excluding hydrogens is 524 g/mol. The zero-order chi connectivity index (χ0) is 28.2. The molecule has 0 amide bonds. The van der Waals surface area contributed by atoms with Gasteiger partial charge < -0.3 is 14.1 Å². The average Bonchev–Trinajstić information content (AvgIpc) is 3.56. The number of carbonyl (C=O) groups excluding carboxylic acids is 3. The molecule has 2 aromatic heterocycles. The van der Waals surface area contributed by atoms with Crippen molar-refractivity contribution in [3.05, 3.63) is 105 Å². The number of ether oxygens (including phenoxy) is 1. The maximum Gasteiger partial charge on any atom is 0.322 e. The molecule has 0 aliphatic carbocycles. The lowest BCUT2D eigenvalue weighted by Crippen LogP contribution is -2.26. The predicted octanol–water partition coefficient (Wildman–Crippen LogP) is 6.44. The predicted molar refractivity (Wildman–Crippen MR) is 156 cm³/mol. The molecule has 0 N–H and O–H groups in total. The molecule has 0 saturated heterocycles. The minimum absolute atomic E-state index is 0.0202. The Morgan fingerprint density at radius 2 is 1.60 bits per heavy atom. The van der Waals surface area contributed by atoms with Gasteiger partial charge in [0.1, 0.15) is 6.61 Å². The molecule has 7 nitrogen and oxygen atoms in total. The molecule has 8 heteroatoms. The van der Waals surface area contributed by atoms with Crippen molar-refractivity contribution in [1.82, 2.24) is 9.63 Å². The van der Waals surface area contributed by atoms with Crippen LogP contribution < -0.4 is 0 Å². The van der Waals surface area contributed by atoms with E-state index in [1.165, 1.54) is 25.2 Å². The van der Waals surface area contributed by atoms with Crippen molar-refractivity contribution in [3.63, 3.8) is 0 Å². The normalized spacial score (nSPS) is 11.3. The Balaban J connectivity index is 1.55. The number of thiophene rings is 1. The number of nitrogens with zero attached hydrogens (tertiary/aromatic N) is 2. The first kappa shape index (κ1) is 27.3. The van der Waals surface area contributed by atoms with Crippen molar-refractivity contribution < 1.29 is 24.0 Å². The number of aryl methyl sites for hydroxylation is 1. The molecule has 0 spiro atoms. The van der Waals surface area contributed by atoms with Crippen molar-refractivity contribution in [1.29, 1.82) is 0 Å². The molecule has 2 heterocycles. The van der Waals surface area contributed by atoms with Crippen molar-refractivity contribution in [2.45, 2.75) is 40.4 Å². The van der Waals surface area contributed by atoms with E-state index < -0.39 is 0 Å². The third-order valence-corrected chi connectivity index (χ3v) is 7.65. The molecule has 0 aliphatic heterocycles. The van der Waals surface area contributed by atoms with Crippen LogP contribution in [0.5, 0.6) is 0 Å². The quantitative estimate of drug-likeness (QED) is 0.112. The van der Waals surface area contributed by atoms with Crippen molar-refractivity contribution in [3.8, 4) is 0 Å². The van der Waals surface area contributed by atoms with E-state index in [1.807, 2.05) is 79.0 Å². The first-order valence-corrected chi connectivity index (χ1v) is 13.9. The molecular formula is C32H30N2O5S. The highest BCUT2D eigenvalue weighted by molar-refractivity contribution is 7.12. The fourth-order valence-electron chi connectivity index (χ4n) is 4.95. The highest BCUT2D eigenvalue weighted by Gasteiger charge is 2.18. The number of rotatable bonds is 10. The molecule has 0 unspecified atom stereocenters. The summed E-state index contributed by atoms with van der Waals surface area (Å²) in [5.41, 5.74) is 5.66. The monoisotopic (exact) mass is 554 g/mol. The molecule has 204 valence electrons. The summed E-state index contributed by atoms with van der Waals surface area (Å²) in [5, 5.41) is 5.46. The third-order valence-electron chi connectivity index (χ3n) is 6.78. The van der Waals surface area contributed by atoms with Crippen molar-refractivity contribution in [2.24, 2.45) is 0 Å². The first-order valence-electron chi connectivity index (χ1n) is 13.0. The van der Waals surface area contributed by atoms with Crippen LogP contribution in [0.3, 0.4) is 0 Å². The van der Waals surface area contributed by atoms with Crippen LogP contribution in [0.15, 0.2) is 78.2 Å². The van der Waals surface area contributed by atoms with Crippen molar-refractivity contribution >= 4 is 50.9 Å². The van der Waals surface area contributed by atoms with E-state index in [1.54, 1.807) is 5.06 Å². The van der Waals surface area contributed by atoms with Crippen LogP contribution in [0.2, 0.25) is 0 Å². The van der Waals surface area contributed by atoms with Gasteiger partial charge in [-0.15, -0.1) is 16.4 Å². The Morgan fingerprint density at radius 3 is 2.30 bits per heavy atom. The molecule has 0 aliphatic rings. The molecule has 0 saturated carbocycles. The van der Waals surface area contributed by atoms with E-state index >= 15 is 0 Å². The number of hydrogen-bond donors (Lipinski definition) is 0. The average molecular weight is 555 g/mol. The Bertz CT molecular complexity index is 1700. The van der Waals surface area contributed by atoms with Gasteiger partial charge in [0, 0.05) is 41.2 Å². The number of hydrogen-bond acceptors (Lipinski definition) is 7. The van der Waals surface area contributed by atoms with Gasteiger partial charge >= 0.3 is 11.9 Å². The molecule has 5 aromatic rings. The Hall–Kier alpha value is -4.27. The maximum atomic E-state index is 13.1. The Kier molecular flexibility index (Phi) is 8.09. The zero-order valence-electron chi connectivity index (χ0n) is 22.7. The second kappa shape index (κ2) is 11.9. The summed E-state index contributed by atoms with van der Waals surface area (Å²) in [4.78, 5) is 42.7. The molecule has 40 heavy (non-hydrogen) atoms. The van der Waals surface area contributed by atoms with Crippen LogP contribution in [0, 0.1) is 6.92 Å². The van der Waals surface area contributed by atoms with Gasteiger partial charge in [-0.05, 0) is 65.4 Å². The van der Waals surface area contributed by atoms with Gasteiger partial charge in [0.05, 0.1) is 24.5 Å². The summed E-state index contributed by atoms with van der Waals surface area (Å²) in [6.45, 7) is 6.38. The first-order chi connectivity index (χ1) is 19.3. The van der Waals surface area contributed by atoms with E-state index in [0.717, 1.165) is 38.5 Å². The lowest BCUT2D eigenvalue weighted by molar-refractivity contribution is -0.194. The van der Waals surface area contributed by atoms with E-state index in [2.05, 4.69) is 10.6 Å². The third kappa shape index (κ3) is 5.98. The highest BCUT2D eigenvalue weighted by Crippen LogP contribution is 2.32. The molecule has 0 atom stereocenters. The highest BCUT2D eigenvalue weighted by atomic mass is 32.1. The summed E-state index contributed by atoms with van der Waals surface area (Å²) in [6.07, 6.45) is 0. The largest absolute Gasteiger partial charge is 0.464 e. The number of hydroxylamine groups is 2. The summed E-state index contributed by atoms with van der Waals surface area (Å²) in [6, 6.07) is 23.6. The second-order valence-electron chi connectivity index (χ2n) is 9.69. The van der Waals surface area contributed by atoms with Gasteiger partial charge in [-0.1, -0.05) is 36.4 Å². The van der Waals surface area contributed by atoms with E-state index in [4.69, 9.17) is 9.57 Å². The fraction of sp³-hybridized carbons (Fsp3) is 0.219. The van der Waals surface area contributed by atoms with E-state index in [9.17, 15) is 14.4 Å². The molecule has 3 aromatic carbocycles. The molecule has 5 rings (SSSR count). The zero-order valence-corrected chi connectivity index (χ0v) is 23.5. The van der Waals surface area contributed by atoms with E-state index in [0.29, 0.717) is 30.1 Å². The lowest BCUT2D eigenvalue weighted by Gasteiger charge is -2.21. The van der Waals surface area contributed by atoms with E-state index in [-0.39, 0.29) is 24.3 Å². The van der Waals surface area contributed by atoms with Gasteiger partial charge in [-0.3, -0.25) is 14.4 Å². The maximum absolute atomic E-state index is 13.1. The smallest absolute Gasteiger partial charge is 0.322 e. The van der Waals surface area contributed by atoms with Crippen LogP contribution in [-0.2, 0) is 38.8 Å². The SMILES string of the molecule is CC(=O)OCCn1c2ccc(CN(Cc3ccccc3C)OC(C)=O)cc2c2cc(C(=O)c3cccs3)ccc21. The molecule has 0 bridgehead atoms. The minimum atomic E-state index is -0.381. The number of fused-ring (bicyclic) bond motifs is 3. The topological polar surface area (TPSA) is 77.8 Å². The number of esters is 1. The summed E-state index contributed by atoms with van der Waals surface area (Å²) < 4.78 is 7.34. The van der Waals surface area contributed by atoms with Gasteiger partial charge in [0.2, 0.25) is 5.78 Å². The number of aromatic nitrogens is 1. The minimum Gasteiger partial charge on any atom is -0.464 e. The van der Waals surface area contributed by atoms with Crippen LogP contribution in [-0.4, -0.2) is 34.0 Å². The Labute approximate surface area is 236 Å².